The molecule has 0 bridgehead atoms. The van der Waals surface area contributed by atoms with Crippen LogP contribution < -0.4 is 5.32 Å². The van der Waals surface area contributed by atoms with Crippen LogP contribution in [-0.2, 0) is 17.6 Å². The van der Waals surface area contributed by atoms with Crippen LogP contribution in [0, 0.1) is 0 Å². The standard InChI is InChI=1S/C21H19N3O2/c25-21(26)19-10-15-14-6-2-4-8-17(14)24-20(15)18(23-19)9-12-11-22-16-7-3-1-5-13(12)16/h1-8,11,18-19,22-24H,9-10H2,(H,25,26). The first kappa shape index (κ1) is 15.2. The summed E-state index contributed by atoms with van der Waals surface area (Å²) in [5, 5.41) is 15.2. The van der Waals surface area contributed by atoms with Gasteiger partial charge in [-0.1, -0.05) is 36.4 Å². The molecular formula is C21H19N3O2. The van der Waals surface area contributed by atoms with Gasteiger partial charge in [-0.05, 0) is 29.7 Å². The number of nitrogens with one attached hydrogen (secondary N) is 3. The number of carboxylic acids is 1. The van der Waals surface area contributed by atoms with Gasteiger partial charge in [0.2, 0.25) is 0 Å². The highest BCUT2D eigenvalue weighted by Gasteiger charge is 2.33. The van der Waals surface area contributed by atoms with Crippen molar-refractivity contribution in [3.05, 3.63) is 71.5 Å². The van der Waals surface area contributed by atoms with E-state index in [0.29, 0.717) is 6.42 Å². The number of hydrogen-bond donors (Lipinski definition) is 4. The van der Waals surface area contributed by atoms with Gasteiger partial charge in [-0.2, -0.15) is 0 Å². The Morgan fingerprint density at radius 3 is 2.58 bits per heavy atom. The van der Waals surface area contributed by atoms with Gasteiger partial charge in [-0.3, -0.25) is 10.1 Å². The number of aromatic nitrogens is 2. The van der Waals surface area contributed by atoms with Crippen molar-refractivity contribution in [1.29, 1.82) is 0 Å². The van der Waals surface area contributed by atoms with Crippen LogP contribution >= 0.6 is 0 Å². The summed E-state index contributed by atoms with van der Waals surface area (Å²) in [6, 6.07) is 15.7. The van der Waals surface area contributed by atoms with Crippen molar-refractivity contribution in [3.63, 3.8) is 0 Å². The van der Waals surface area contributed by atoms with Gasteiger partial charge >= 0.3 is 5.97 Å². The number of rotatable bonds is 3. The second kappa shape index (κ2) is 5.75. The predicted molar refractivity (Wildman–Crippen MR) is 101 cm³/mol. The van der Waals surface area contributed by atoms with E-state index in [1.807, 2.05) is 36.5 Å². The Morgan fingerprint density at radius 1 is 1.04 bits per heavy atom. The molecule has 4 aromatic rings. The molecule has 0 spiro atoms. The number of carboxylic acid groups (broad SMARTS) is 1. The number of carbonyl (C=O) groups is 1. The molecule has 130 valence electrons. The van der Waals surface area contributed by atoms with Crippen molar-refractivity contribution in [1.82, 2.24) is 15.3 Å². The van der Waals surface area contributed by atoms with Gasteiger partial charge < -0.3 is 15.1 Å². The molecule has 1 aliphatic rings. The summed E-state index contributed by atoms with van der Waals surface area (Å²) in [7, 11) is 0. The van der Waals surface area contributed by atoms with Crippen molar-refractivity contribution in [2.24, 2.45) is 0 Å². The molecule has 1 aliphatic heterocycles. The predicted octanol–water partition coefficient (Wildman–Crippen LogP) is 3.53. The van der Waals surface area contributed by atoms with Crippen LogP contribution in [0.5, 0.6) is 0 Å². The third-order valence-corrected chi connectivity index (χ3v) is 5.40. The van der Waals surface area contributed by atoms with Crippen LogP contribution in [0.15, 0.2) is 54.7 Å². The van der Waals surface area contributed by atoms with Gasteiger partial charge in [0.05, 0.1) is 6.04 Å². The summed E-state index contributed by atoms with van der Waals surface area (Å²) in [6.07, 6.45) is 3.26. The van der Waals surface area contributed by atoms with Gasteiger partial charge in [-0.25, -0.2) is 0 Å². The van der Waals surface area contributed by atoms with Crippen LogP contribution in [0.3, 0.4) is 0 Å². The summed E-state index contributed by atoms with van der Waals surface area (Å²) in [4.78, 5) is 18.5. The van der Waals surface area contributed by atoms with Crippen molar-refractivity contribution < 1.29 is 9.90 Å². The average Bonchev–Trinajstić information content (AvgIpc) is 3.23. The summed E-state index contributed by atoms with van der Waals surface area (Å²) in [5.74, 6) is -0.801. The first-order valence-electron chi connectivity index (χ1n) is 8.84. The van der Waals surface area contributed by atoms with E-state index in [1.165, 1.54) is 10.9 Å². The maximum atomic E-state index is 11.7. The maximum absolute atomic E-state index is 11.7. The van der Waals surface area contributed by atoms with E-state index in [1.54, 1.807) is 0 Å². The van der Waals surface area contributed by atoms with E-state index in [2.05, 4.69) is 33.5 Å². The molecule has 5 nitrogen and oxygen atoms in total. The van der Waals surface area contributed by atoms with Crippen molar-refractivity contribution >= 4 is 27.8 Å². The normalized spacial score (nSPS) is 19.7. The lowest BCUT2D eigenvalue weighted by atomic mass is 9.90. The Balaban J connectivity index is 1.60. The van der Waals surface area contributed by atoms with E-state index in [9.17, 15) is 9.90 Å². The Morgan fingerprint density at radius 2 is 1.77 bits per heavy atom. The molecule has 2 unspecified atom stereocenters. The zero-order valence-corrected chi connectivity index (χ0v) is 14.1. The molecule has 0 saturated carbocycles. The third-order valence-electron chi connectivity index (χ3n) is 5.40. The Kier molecular flexibility index (Phi) is 3.36. The second-order valence-corrected chi connectivity index (χ2v) is 6.94. The molecule has 5 heteroatoms. The van der Waals surface area contributed by atoms with E-state index in [-0.39, 0.29) is 6.04 Å². The first-order valence-corrected chi connectivity index (χ1v) is 8.84. The molecule has 5 rings (SSSR count). The fourth-order valence-corrected chi connectivity index (χ4v) is 4.17. The molecule has 3 heterocycles. The lowest BCUT2D eigenvalue weighted by Crippen LogP contribution is -2.45. The van der Waals surface area contributed by atoms with Gasteiger partial charge in [0.15, 0.2) is 0 Å². The molecule has 0 saturated heterocycles. The van der Waals surface area contributed by atoms with Crippen LogP contribution in [0.25, 0.3) is 21.8 Å². The summed E-state index contributed by atoms with van der Waals surface area (Å²) >= 11 is 0. The van der Waals surface area contributed by atoms with Gasteiger partial charge in [0.1, 0.15) is 6.04 Å². The van der Waals surface area contributed by atoms with Gasteiger partial charge in [-0.15, -0.1) is 0 Å². The summed E-state index contributed by atoms with van der Waals surface area (Å²) in [5.41, 5.74) is 5.58. The Labute approximate surface area is 150 Å². The number of para-hydroxylation sites is 2. The van der Waals surface area contributed by atoms with Crippen LogP contribution in [0.4, 0.5) is 0 Å². The molecule has 4 N–H and O–H groups in total. The van der Waals surface area contributed by atoms with E-state index >= 15 is 0 Å². The molecule has 26 heavy (non-hydrogen) atoms. The lowest BCUT2D eigenvalue weighted by Gasteiger charge is -2.29. The second-order valence-electron chi connectivity index (χ2n) is 6.94. The number of benzene rings is 2. The Bertz CT molecular complexity index is 1120. The number of H-pyrrole nitrogens is 2. The van der Waals surface area contributed by atoms with E-state index in [4.69, 9.17) is 0 Å². The minimum absolute atomic E-state index is 0.0635. The largest absolute Gasteiger partial charge is 0.480 e. The summed E-state index contributed by atoms with van der Waals surface area (Å²) < 4.78 is 0. The molecule has 2 atom stereocenters. The van der Waals surface area contributed by atoms with E-state index in [0.717, 1.165) is 34.1 Å². The molecule has 2 aromatic heterocycles. The molecular weight excluding hydrogens is 326 g/mol. The Hall–Kier alpha value is -3.05. The molecule has 2 aromatic carbocycles. The minimum atomic E-state index is -0.801. The molecule has 0 radical (unpaired) electrons. The van der Waals surface area contributed by atoms with Crippen molar-refractivity contribution in [2.45, 2.75) is 24.9 Å². The zero-order valence-electron chi connectivity index (χ0n) is 14.1. The average molecular weight is 345 g/mol. The number of aromatic amines is 2. The monoisotopic (exact) mass is 345 g/mol. The van der Waals surface area contributed by atoms with E-state index < -0.39 is 12.0 Å². The van der Waals surface area contributed by atoms with Crippen LogP contribution in [0.1, 0.15) is 22.9 Å². The van der Waals surface area contributed by atoms with Gasteiger partial charge in [0, 0.05) is 40.1 Å². The van der Waals surface area contributed by atoms with Crippen molar-refractivity contribution in [3.8, 4) is 0 Å². The quantitative estimate of drug-likeness (QED) is 0.458. The van der Waals surface area contributed by atoms with Crippen LogP contribution in [-0.4, -0.2) is 27.1 Å². The number of aliphatic carboxylic acids is 1. The lowest BCUT2D eigenvalue weighted by molar-refractivity contribution is -0.139. The zero-order chi connectivity index (χ0) is 17.7. The highest BCUT2D eigenvalue weighted by Crippen LogP contribution is 2.34. The molecule has 0 aliphatic carbocycles. The van der Waals surface area contributed by atoms with Gasteiger partial charge in [0.25, 0.3) is 0 Å². The number of fused-ring (bicyclic) bond motifs is 4. The first-order chi connectivity index (χ1) is 12.7. The topological polar surface area (TPSA) is 80.9 Å². The third kappa shape index (κ3) is 2.32. The maximum Gasteiger partial charge on any atom is 0.321 e. The van der Waals surface area contributed by atoms with Crippen molar-refractivity contribution in [2.75, 3.05) is 0 Å². The minimum Gasteiger partial charge on any atom is -0.480 e. The number of hydrogen-bond acceptors (Lipinski definition) is 2. The molecule has 0 fully saturated rings. The highest BCUT2D eigenvalue weighted by molar-refractivity contribution is 5.87. The SMILES string of the molecule is O=C(O)C1Cc2c([nH]c3ccccc23)C(Cc2c[nH]c3ccccc23)N1. The highest BCUT2D eigenvalue weighted by atomic mass is 16.4. The smallest absolute Gasteiger partial charge is 0.321 e. The van der Waals surface area contributed by atoms with Crippen LogP contribution in [0.2, 0.25) is 0 Å². The molecule has 0 amide bonds. The fraction of sp³-hybridized carbons (Fsp3) is 0.190. The summed E-state index contributed by atoms with van der Waals surface area (Å²) in [6.45, 7) is 0. The fourth-order valence-electron chi connectivity index (χ4n) is 4.17.